The second kappa shape index (κ2) is 5.71. The predicted molar refractivity (Wildman–Crippen MR) is 84.1 cm³/mol. The van der Waals surface area contributed by atoms with Crippen molar-refractivity contribution < 1.29 is 14.0 Å². The molecule has 1 aliphatic carbocycles. The molecule has 0 radical (unpaired) electrons. The molecule has 22 heavy (non-hydrogen) atoms. The van der Waals surface area contributed by atoms with Crippen molar-refractivity contribution in [2.45, 2.75) is 46.6 Å². The number of halogens is 1. The lowest BCUT2D eigenvalue weighted by Gasteiger charge is -2.48. The lowest BCUT2D eigenvalue weighted by atomic mass is 9.61. The van der Waals surface area contributed by atoms with Gasteiger partial charge in [-0.1, -0.05) is 27.7 Å². The van der Waals surface area contributed by atoms with Crippen molar-refractivity contribution in [3.8, 4) is 0 Å². The van der Waals surface area contributed by atoms with Gasteiger partial charge in [-0.15, -0.1) is 0 Å². The van der Waals surface area contributed by atoms with Crippen LogP contribution in [0.25, 0.3) is 0 Å². The standard InChI is InChI=1S/C17H23FN2O2/c1-16(2)9-13(21)10-17(3,4)14(16)20-15(22)19-12-7-5-11(18)6-8-12/h5-8,14H,9-10H2,1-4H3,(H2,19,20,22). The summed E-state index contributed by atoms with van der Waals surface area (Å²) in [5.41, 5.74) is -0.0841. The maximum atomic E-state index is 12.9. The van der Waals surface area contributed by atoms with Gasteiger partial charge in [0.05, 0.1) is 0 Å². The van der Waals surface area contributed by atoms with Crippen molar-refractivity contribution in [1.82, 2.24) is 5.32 Å². The van der Waals surface area contributed by atoms with Crippen molar-refractivity contribution in [2.24, 2.45) is 10.8 Å². The zero-order valence-electron chi connectivity index (χ0n) is 13.5. The van der Waals surface area contributed by atoms with Crippen LogP contribution in [0.5, 0.6) is 0 Å². The Morgan fingerprint density at radius 2 is 1.59 bits per heavy atom. The van der Waals surface area contributed by atoms with Crippen molar-refractivity contribution in [3.63, 3.8) is 0 Å². The number of ketones is 1. The Hall–Kier alpha value is -1.91. The first-order chi connectivity index (χ1) is 10.1. The maximum Gasteiger partial charge on any atom is 0.319 e. The third kappa shape index (κ3) is 3.64. The van der Waals surface area contributed by atoms with E-state index in [-0.39, 0.29) is 34.5 Å². The zero-order valence-corrected chi connectivity index (χ0v) is 13.5. The minimum Gasteiger partial charge on any atom is -0.334 e. The van der Waals surface area contributed by atoms with E-state index in [2.05, 4.69) is 10.6 Å². The highest BCUT2D eigenvalue weighted by molar-refractivity contribution is 5.90. The molecule has 5 heteroatoms. The van der Waals surface area contributed by atoms with E-state index >= 15 is 0 Å². The van der Waals surface area contributed by atoms with Gasteiger partial charge in [-0.25, -0.2) is 9.18 Å². The van der Waals surface area contributed by atoms with Gasteiger partial charge in [-0.3, -0.25) is 4.79 Å². The van der Waals surface area contributed by atoms with E-state index in [1.165, 1.54) is 24.3 Å². The molecule has 120 valence electrons. The highest BCUT2D eigenvalue weighted by Gasteiger charge is 2.47. The molecule has 0 unspecified atom stereocenters. The summed E-state index contributed by atoms with van der Waals surface area (Å²) in [5.74, 6) is -0.119. The average molecular weight is 306 g/mol. The number of benzene rings is 1. The van der Waals surface area contributed by atoms with Crippen LogP contribution in [-0.2, 0) is 4.79 Å². The van der Waals surface area contributed by atoms with Crippen LogP contribution in [0.2, 0.25) is 0 Å². The van der Waals surface area contributed by atoms with Crippen LogP contribution in [0, 0.1) is 16.6 Å². The Kier molecular flexibility index (Phi) is 4.27. The lowest BCUT2D eigenvalue weighted by Crippen LogP contribution is -2.58. The summed E-state index contributed by atoms with van der Waals surface area (Å²) in [7, 11) is 0. The first-order valence-electron chi connectivity index (χ1n) is 7.45. The van der Waals surface area contributed by atoms with Gasteiger partial charge in [-0.05, 0) is 35.1 Å². The third-order valence-electron chi connectivity index (χ3n) is 4.25. The SMILES string of the molecule is CC1(C)CC(=O)CC(C)(C)C1NC(=O)Nc1ccc(F)cc1. The van der Waals surface area contributed by atoms with E-state index in [0.29, 0.717) is 18.5 Å². The number of rotatable bonds is 2. The number of carbonyl (C=O) groups is 2. The second-order valence-corrected chi connectivity index (χ2v) is 7.41. The largest absolute Gasteiger partial charge is 0.334 e. The fourth-order valence-electron chi connectivity index (χ4n) is 3.56. The van der Waals surface area contributed by atoms with E-state index in [1.807, 2.05) is 27.7 Å². The summed E-state index contributed by atoms with van der Waals surface area (Å²) in [6, 6.07) is 5.14. The third-order valence-corrected chi connectivity index (χ3v) is 4.25. The molecule has 0 heterocycles. The molecule has 1 aromatic rings. The van der Waals surface area contributed by atoms with Gasteiger partial charge >= 0.3 is 6.03 Å². The minimum atomic E-state index is -0.348. The van der Waals surface area contributed by atoms with E-state index in [1.54, 1.807) is 0 Å². The molecule has 1 fully saturated rings. The van der Waals surface area contributed by atoms with Gasteiger partial charge in [0.25, 0.3) is 0 Å². The fraction of sp³-hybridized carbons (Fsp3) is 0.529. The molecule has 4 nitrogen and oxygen atoms in total. The average Bonchev–Trinajstić information content (AvgIpc) is 2.35. The highest BCUT2D eigenvalue weighted by Crippen LogP contribution is 2.44. The van der Waals surface area contributed by atoms with Gasteiger partial charge in [-0.2, -0.15) is 0 Å². The predicted octanol–water partition coefficient (Wildman–Crippen LogP) is 3.73. The molecule has 0 aliphatic heterocycles. The number of hydrogen-bond donors (Lipinski definition) is 2. The monoisotopic (exact) mass is 306 g/mol. The Balaban J connectivity index is 2.08. The van der Waals surface area contributed by atoms with Crippen LogP contribution in [-0.4, -0.2) is 17.9 Å². The number of carbonyl (C=O) groups excluding carboxylic acids is 2. The van der Waals surface area contributed by atoms with Gasteiger partial charge in [0.15, 0.2) is 0 Å². The fourth-order valence-corrected chi connectivity index (χ4v) is 3.56. The number of Topliss-reactive ketones (excluding diaryl/α,β-unsaturated/α-hetero) is 1. The highest BCUT2D eigenvalue weighted by atomic mass is 19.1. The van der Waals surface area contributed by atoms with E-state index in [4.69, 9.17) is 0 Å². The molecule has 0 saturated heterocycles. The smallest absolute Gasteiger partial charge is 0.319 e. The van der Waals surface area contributed by atoms with Crippen LogP contribution >= 0.6 is 0 Å². The molecule has 0 aromatic heterocycles. The Labute approximate surface area is 130 Å². The molecule has 0 bridgehead atoms. The Bertz CT molecular complexity index is 559. The molecule has 1 aliphatic rings. The molecule has 0 spiro atoms. The van der Waals surface area contributed by atoms with Gasteiger partial charge < -0.3 is 10.6 Å². The van der Waals surface area contributed by atoms with Crippen LogP contribution in [0.3, 0.4) is 0 Å². The summed E-state index contributed by atoms with van der Waals surface area (Å²) in [6.45, 7) is 7.98. The van der Waals surface area contributed by atoms with Gasteiger partial charge in [0.2, 0.25) is 0 Å². The van der Waals surface area contributed by atoms with Crippen LogP contribution in [0.15, 0.2) is 24.3 Å². The van der Waals surface area contributed by atoms with Crippen molar-refractivity contribution in [1.29, 1.82) is 0 Å². The van der Waals surface area contributed by atoms with E-state index < -0.39 is 0 Å². The molecule has 2 amide bonds. The topological polar surface area (TPSA) is 58.2 Å². The molecular formula is C17H23FN2O2. The summed E-state index contributed by atoms with van der Waals surface area (Å²) >= 11 is 0. The van der Waals surface area contributed by atoms with E-state index in [0.717, 1.165) is 0 Å². The van der Waals surface area contributed by atoms with Crippen molar-refractivity contribution in [3.05, 3.63) is 30.1 Å². The Morgan fingerprint density at radius 1 is 1.09 bits per heavy atom. The van der Waals surface area contributed by atoms with Gasteiger partial charge in [0.1, 0.15) is 11.6 Å². The minimum absolute atomic E-state index is 0.127. The van der Waals surface area contributed by atoms with E-state index in [9.17, 15) is 14.0 Å². The first-order valence-corrected chi connectivity index (χ1v) is 7.45. The number of hydrogen-bond acceptors (Lipinski definition) is 2. The van der Waals surface area contributed by atoms with Gasteiger partial charge in [0, 0.05) is 24.6 Å². The van der Waals surface area contributed by atoms with Crippen molar-refractivity contribution in [2.75, 3.05) is 5.32 Å². The number of amides is 2. The summed E-state index contributed by atoms with van der Waals surface area (Å²) in [4.78, 5) is 24.1. The van der Waals surface area contributed by atoms with Crippen molar-refractivity contribution >= 4 is 17.5 Å². The second-order valence-electron chi connectivity index (χ2n) is 7.41. The lowest BCUT2D eigenvalue weighted by molar-refractivity contribution is -0.128. The normalized spacial score (nSPS) is 20.5. The molecule has 2 N–H and O–H groups in total. The quantitative estimate of drug-likeness (QED) is 0.874. The summed E-state index contributed by atoms with van der Waals surface area (Å²) < 4.78 is 12.9. The molecule has 1 aromatic carbocycles. The van der Waals surface area contributed by atoms with Crippen LogP contribution in [0.1, 0.15) is 40.5 Å². The molecule has 2 rings (SSSR count). The molecule has 1 saturated carbocycles. The van der Waals surface area contributed by atoms with Crippen LogP contribution < -0.4 is 10.6 Å². The maximum absolute atomic E-state index is 12.9. The summed E-state index contributed by atoms with van der Waals surface area (Å²) in [6.07, 6.45) is 0.913. The Morgan fingerprint density at radius 3 is 2.09 bits per heavy atom. The zero-order chi connectivity index (χ0) is 16.5. The molecular weight excluding hydrogens is 283 g/mol. The number of urea groups is 1. The first kappa shape index (κ1) is 16.5. The number of nitrogens with one attached hydrogen (secondary N) is 2. The molecule has 0 atom stereocenters. The van der Waals surface area contributed by atoms with Crippen LogP contribution in [0.4, 0.5) is 14.9 Å². The number of anilines is 1. The summed E-state index contributed by atoms with van der Waals surface area (Å²) in [5, 5.41) is 5.69.